The largest absolute Gasteiger partial charge is 0.377 e. The van der Waals surface area contributed by atoms with Gasteiger partial charge in [0.1, 0.15) is 0 Å². The van der Waals surface area contributed by atoms with Gasteiger partial charge in [-0.05, 0) is 43.2 Å². The van der Waals surface area contributed by atoms with Gasteiger partial charge in [-0.25, -0.2) is 4.79 Å². The lowest BCUT2D eigenvalue weighted by molar-refractivity contribution is -0.0837. The summed E-state index contributed by atoms with van der Waals surface area (Å²) in [6.07, 6.45) is 3.48. The first-order chi connectivity index (χ1) is 12.9. The van der Waals surface area contributed by atoms with Gasteiger partial charge >= 0.3 is 6.03 Å². The van der Waals surface area contributed by atoms with Gasteiger partial charge in [-0.1, -0.05) is 39.0 Å². The summed E-state index contributed by atoms with van der Waals surface area (Å²) in [4.78, 5) is 14.7. The van der Waals surface area contributed by atoms with Crippen molar-refractivity contribution in [3.05, 3.63) is 29.8 Å². The number of para-hydroxylation sites is 1. The molecule has 3 rings (SSSR count). The lowest BCUT2D eigenvalue weighted by Gasteiger charge is -2.40. The van der Waals surface area contributed by atoms with Crippen LogP contribution in [-0.2, 0) is 11.2 Å². The molecule has 2 aliphatic heterocycles. The van der Waals surface area contributed by atoms with Crippen molar-refractivity contribution < 1.29 is 9.53 Å². The van der Waals surface area contributed by atoms with Gasteiger partial charge in [-0.3, -0.25) is 0 Å². The van der Waals surface area contributed by atoms with Crippen LogP contribution in [0.5, 0.6) is 0 Å². The lowest BCUT2D eigenvalue weighted by atomic mass is 9.78. The van der Waals surface area contributed by atoms with Crippen molar-refractivity contribution >= 4 is 11.7 Å². The van der Waals surface area contributed by atoms with E-state index in [1.54, 1.807) is 0 Å². The average Bonchev–Trinajstić information content (AvgIpc) is 3.08. The number of benzene rings is 1. The summed E-state index contributed by atoms with van der Waals surface area (Å²) in [5.41, 5.74) is 2.81. The van der Waals surface area contributed by atoms with E-state index in [1.165, 1.54) is 11.3 Å². The minimum atomic E-state index is -0.0763. The van der Waals surface area contributed by atoms with E-state index in [4.69, 9.17) is 4.74 Å². The Morgan fingerprint density at radius 2 is 2.07 bits per heavy atom. The van der Waals surface area contributed by atoms with E-state index in [9.17, 15) is 4.79 Å². The molecule has 0 aromatic heterocycles. The summed E-state index contributed by atoms with van der Waals surface area (Å²) < 4.78 is 6.01. The summed E-state index contributed by atoms with van der Waals surface area (Å²) in [5, 5.41) is 6.12. The van der Waals surface area contributed by atoms with Gasteiger partial charge in [0.15, 0.2) is 0 Å². The highest BCUT2D eigenvalue weighted by Crippen LogP contribution is 2.33. The second-order valence-corrected chi connectivity index (χ2v) is 9.07. The number of hydrogen-bond donors (Lipinski definition) is 2. The number of amides is 2. The Balaban J connectivity index is 1.44. The smallest absolute Gasteiger partial charge is 0.314 e. The van der Waals surface area contributed by atoms with E-state index in [2.05, 4.69) is 67.5 Å². The summed E-state index contributed by atoms with van der Waals surface area (Å²) in [7, 11) is 0. The zero-order valence-electron chi connectivity index (χ0n) is 17.3. The molecule has 150 valence electrons. The molecule has 5 nitrogen and oxygen atoms in total. The fourth-order valence-electron chi connectivity index (χ4n) is 4.47. The maximum atomic E-state index is 12.3. The van der Waals surface area contributed by atoms with Crippen LogP contribution in [0.15, 0.2) is 24.3 Å². The van der Waals surface area contributed by atoms with Crippen molar-refractivity contribution in [2.45, 2.75) is 59.1 Å². The van der Waals surface area contributed by atoms with Crippen LogP contribution in [-0.4, -0.2) is 44.4 Å². The third-order valence-electron chi connectivity index (χ3n) is 5.84. The molecule has 2 aliphatic rings. The fraction of sp³-hybridized carbons (Fsp3) is 0.682. The molecule has 2 N–H and O–H groups in total. The van der Waals surface area contributed by atoms with Crippen LogP contribution in [0.3, 0.4) is 0 Å². The predicted octanol–water partition coefficient (Wildman–Crippen LogP) is 3.58. The number of hydrogen-bond acceptors (Lipinski definition) is 3. The number of nitrogens with zero attached hydrogens (tertiary/aromatic N) is 1. The molecule has 2 heterocycles. The van der Waals surface area contributed by atoms with Crippen LogP contribution in [0.1, 0.15) is 46.1 Å². The van der Waals surface area contributed by atoms with Crippen LogP contribution in [0.4, 0.5) is 10.5 Å². The van der Waals surface area contributed by atoms with E-state index in [0.29, 0.717) is 19.0 Å². The van der Waals surface area contributed by atoms with Gasteiger partial charge in [0, 0.05) is 43.9 Å². The Labute approximate surface area is 163 Å². The molecule has 0 bridgehead atoms. The number of ether oxygens (including phenoxy) is 1. The molecule has 27 heavy (non-hydrogen) atoms. The zero-order chi connectivity index (χ0) is 19.4. The Hall–Kier alpha value is -1.75. The first kappa shape index (κ1) is 20.0. The normalized spacial score (nSPS) is 23.6. The molecule has 0 aliphatic carbocycles. The number of rotatable bonds is 5. The van der Waals surface area contributed by atoms with Gasteiger partial charge in [-0.15, -0.1) is 0 Å². The SMILES string of the molecule is CC(CNC(=O)NCC1CCCOC1C(C)(C)C)N1CCc2ccccc21. The maximum Gasteiger partial charge on any atom is 0.314 e. The van der Waals surface area contributed by atoms with Crippen molar-refractivity contribution in [3.8, 4) is 0 Å². The Bertz CT molecular complexity index is 641. The maximum absolute atomic E-state index is 12.3. The molecule has 1 fully saturated rings. The zero-order valence-corrected chi connectivity index (χ0v) is 17.3. The van der Waals surface area contributed by atoms with Gasteiger partial charge in [0.05, 0.1) is 6.10 Å². The van der Waals surface area contributed by atoms with E-state index in [0.717, 1.165) is 32.4 Å². The first-order valence-corrected chi connectivity index (χ1v) is 10.3. The van der Waals surface area contributed by atoms with Gasteiger partial charge in [-0.2, -0.15) is 0 Å². The van der Waals surface area contributed by atoms with Crippen LogP contribution in [0, 0.1) is 11.3 Å². The number of carbonyl (C=O) groups excluding carboxylic acids is 1. The second-order valence-electron chi connectivity index (χ2n) is 9.07. The number of fused-ring (bicyclic) bond motifs is 1. The molecular formula is C22H35N3O2. The van der Waals surface area contributed by atoms with Gasteiger partial charge < -0.3 is 20.3 Å². The fourth-order valence-corrected chi connectivity index (χ4v) is 4.47. The summed E-state index contributed by atoms with van der Waals surface area (Å²) in [6.45, 7) is 12.0. The lowest BCUT2D eigenvalue weighted by Crippen LogP contribution is -2.49. The molecule has 1 aromatic carbocycles. The third kappa shape index (κ3) is 4.95. The van der Waals surface area contributed by atoms with Crippen LogP contribution in [0.2, 0.25) is 0 Å². The molecule has 0 saturated carbocycles. The Morgan fingerprint density at radius 1 is 1.30 bits per heavy atom. The standard InChI is InChI=1S/C22H35N3O2/c1-16(25-12-11-17-8-5-6-10-19(17)25)14-23-21(26)24-15-18-9-7-13-27-20(18)22(2,3)4/h5-6,8,10,16,18,20H,7,9,11-15H2,1-4H3,(H2,23,24,26). The topological polar surface area (TPSA) is 53.6 Å². The molecule has 2 amide bonds. The third-order valence-corrected chi connectivity index (χ3v) is 5.84. The number of urea groups is 1. The highest BCUT2D eigenvalue weighted by atomic mass is 16.5. The van der Waals surface area contributed by atoms with E-state index >= 15 is 0 Å². The van der Waals surface area contributed by atoms with Crippen LogP contribution < -0.4 is 15.5 Å². The molecule has 1 saturated heterocycles. The molecule has 1 aromatic rings. The van der Waals surface area contributed by atoms with Crippen LogP contribution in [0.25, 0.3) is 0 Å². The van der Waals surface area contributed by atoms with Crippen molar-refractivity contribution in [1.29, 1.82) is 0 Å². The highest BCUT2D eigenvalue weighted by Gasteiger charge is 2.35. The summed E-state index contributed by atoms with van der Waals surface area (Å²) >= 11 is 0. The first-order valence-electron chi connectivity index (χ1n) is 10.3. The molecule has 3 unspecified atom stereocenters. The predicted molar refractivity (Wildman–Crippen MR) is 110 cm³/mol. The highest BCUT2D eigenvalue weighted by molar-refractivity contribution is 5.74. The minimum absolute atomic E-state index is 0.0763. The monoisotopic (exact) mass is 373 g/mol. The van der Waals surface area contributed by atoms with E-state index in [-0.39, 0.29) is 23.6 Å². The van der Waals surface area contributed by atoms with Crippen molar-refractivity contribution in [1.82, 2.24) is 10.6 Å². The number of carbonyl (C=O) groups is 1. The van der Waals surface area contributed by atoms with E-state index in [1.807, 2.05) is 0 Å². The van der Waals surface area contributed by atoms with Gasteiger partial charge in [0.25, 0.3) is 0 Å². The number of anilines is 1. The average molecular weight is 374 g/mol. The summed E-state index contributed by atoms with van der Waals surface area (Å²) in [5.74, 6) is 0.382. The Morgan fingerprint density at radius 3 is 2.85 bits per heavy atom. The Kier molecular flexibility index (Phi) is 6.30. The minimum Gasteiger partial charge on any atom is -0.377 e. The second kappa shape index (κ2) is 8.51. The number of nitrogens with one attached hydrogen (secondary N) is 2. The molecule has 0 spiro atoms. The molecule has 5 heteroatoms. The molecule has 3 atom stereocenters. The quantitative estimate of drug-likeness (QED) is 0.829. The van der Waals surface area contributed by atoms with Crippen molar-refractivity contribution in [2.24, 2.45) is 11.3 Å². The summed E-state index contributed by atoms with van der Waals surface area (Å²) in [6, 6.07) is 8.75. The van der Waals surface area contributed by atoms with Crippen molar-refractivity contribution in [3.63, 3.8) is 0 Å². The van der Waals surface area contributed by atoms with Crippen LogP contribution >= 0.6 is 0 Å². The van der Waals surface area contributed by atoms with Gasteiger partial charge in [0.2, 0.25) is 0 Å². The van der Waals surface area contributed by atoms with Crippen molar-refractivity contribution in [2.75, 3.05) is 31.1 Å². The molecular weight excluding hydrogens is 338 g/mol. The molecule has 0 radical (unpaired) electrons. The van der Waals surface area contributed by atoms with E-state index < -0.39 is 0 Å².